The number of hydrogen-bond acceptors (Lipinski definition) is 2. The van der Waals surface area contributed by atoms with Gasteiger partial charge in [0.1, 0.15) is 0 Å². The van der Waals surface area contributed by atoms with Crippen LogP contribution in [0.25, 0.3) is 0 Å². The monoisotopic (exact) mass is 157 g/mol. The molecule has 1 aliphatic carbocycles. The molecule has 64 valence electrons. The standard InChI is InChI=1S/C8H15NO2/c1-5-3-4-6(9)8(5,2)7(10)11/h5-6H,3-4,9H2,1-2H3,(H,10,11)/t5-,6-,8+/m1/s1. The maximum atomic E-state index is 10.9. The van der Waals surface area contributed by atoms with E-state index < -0.39 is 11.4 Å². The minimum atomic E-state index is -0.755. The summed E-state index contributed by atoms with van der Waals surface area (Å²) in [6.45, 7) is 3.71. The van der Waals surface area contributed by atoms with Crippen LogP contribution in [0.5, 0.6) is 0 Å². The van der Waals surface area contributed by atoms with Crippen molar-refractivity contribution in [2.45, 2.75) is 32.7 Å². The zero-order valence-electron chi connectivity index (χ0n) is 7.00. The van der Waals surface area contributed by atoms with Crippen LogP contribution in [-0.2, 0) is 4.79 Å². The molecule has 0 spiro atoms. The lowest BCUT2D eigenvalue weighted by atomic mass is 9.78. The Labute approximate surface area is 66.6 Å². The summed E-state index contributed by atoms with van der Waals surface area (Å²) < 4.78 is 0. The highest BCUT2D eigenvalue weighted by Crippen LogP contribution is 2.41. The lowest BCUT2D eigenvalue weighted by Gasteiger charge is -2.28. The predicted molar refractivity (Wildman–Crippen MR) is 42.1 cm³/mol. The summed E-state index contributed by atoms with van der Waals surface area (Å²) in [6, 6.07) is -0.171. The van der Waals surface area contributed by atoms with Gasteiger partial charge in [-0.3, -0.25) is 4.79 Å². The lowest BCUT2D eigenvalue weighted by Crippen LogP contribution is -2.44. The van der Waals surface area contributed by atoms with Crippen molar-refractivity contribution in [3.8, 4) is 0 Å². The molecule has 0 amide bonds. The molecule has 0 saturated heterocycles. The smallest absolute Gasteiger partial charge is 0.311 e. The Hall–Kier alpha value is -0.570. The molecule has 0 radical (unpaired) electrons. The van der Waals surface area contributed by atoms with E-state index in [1.807, 2.05) is 6.92 Å². The molecule has 0 unspecified atom stereocenters. The molecule has 3 N–H and O–H groups in total. The van der Waals surface area contributed by atoms with Crippen LogP contribution in [0.3, 0.4) is 0 Å². The van der Waals surface area contributed by atoms with Crippen LogP contribution < -0.4 is 5.73 Å². The predicted octanol–water partition coefficient (Wildman–Crippen LogP) is 0.835. The van der Waals surface area contributed by atoms with Gasteiger partial charge in [-0.1, -0.05) is 6.92 Å². The van der Waals surface area contributed by atoms with E-state index in [9.17, 15) is 4.79 Å². The van der Waals surface area contributed by atoms with Gasteiger partial charge in [0.25, 0.3) is 0 Å². The second kappa shape index (κ2) is 2.48. The number of carboxylic acids is 1. The second-order valence-corrected chi connectivity index (χ2v) is 3.67. The molecule has 3 heteroatoms. The highest BCUT2D eigenvalue weighted by molar-refractivity contribution is 5.76. The van der Waals surface area contributed by atoms with Crippen LogP contribution in [-0.4, -0.2) is 17.1 Å². The molecular formula is C8H15NO2. The molecule has 0 aromatic carbocycles. The van der Waals surface area contributed by atoms with Crippen LogP contribution in [0.15, 0.2) is 0 Å². The minimum absolute atomic E-state index is 0.171. The van der Waals surface area contributed by atoms with Crippen molar-refractivity contribution in [2.24, 2.45) is 17.1 Å². The van der Waals surface area contributed by atoms with Crippen molar-refractivity contribution in [1.82, 2.24) is 0 Å². The van der Waals surface area contributed by atoms with Crippen LogP contribution in [0.2, 0.25) is 0 Å². The summed E-state index contributed by atoms with van der Waals surface area (Å²) in [5, 5.41) is 8.93. The summed E-state index contributed by atoms with van der Waals surface area (Å²) in [5.41, 5.74) is 5.03. The Morgan fingerprint density at radius 3 is 2.36 bits per heavy atom. The van der Waals surface area contributed by atoms with Crippen molar-refractivity contribution in [1.29, 1.82) is 0 Å². The molecule has 0 aromatic heterocycles. The fourth-order valence-electron chi connectivity index (χ4n) is 1.76. The van der Waals surface area contributed by atoms with Gasteiger partial charge >= 0.3 is 5.97 Å². The third kappa shape index (κ3) is 1.03. The molecular weight excluding hydrogens is 142 g/mol. The first kappa shape index (κ1) is 8.53. The van der Waals surface area contributed by atoms with E-state index in [4.69, 9.17) is 10.8 Å². The van der Waals surface area contributed by atoms with Gasteiger partial charge < -0.3 is 10.8 Å². The minimum Gasteiger partial charge on any atom is -0.481 e. The van der Waals surface area contributed by atoms with Gasteiger partial charge in [0.2, 0.25) is 0 Å². The third-order valence-electron chi connectivity index (χ3n) is 3.17. The Morgan fingerprint density at radius 2 is 2.18 bits per heavy atom. The van der Waals surface area contributed by atoms with E-state index >= 15 is 0 Å². The Balaban J connectivity index is 2.88. The van der Waals surface area contributed by atoms with E-state index in [-0.39, 0.29) is 12.0 Å². The first-order valence-electron chi connectivity index (χ1n) is 3.98. The van der Waals surface area contributed by atoms with E-state index in [0.717, 1.165) is 12.8 Å². The molecule has 1 rings (SSSR count). The molecule has 0 heterocycles. The summed E-state index contributed by atoms with van der Waals surface area (Å²) in [4.78, 5) is 10.9. The van der Waals surface area contributed by atoms with E-state index in [1.54, 1.807) is 6.92 Å². The Morgan fingerprint density at radius 1 is 1.64 bits per heavy atom. The lowest BCUT2D eigenvalue weighted by molar-refractivity contribution is -0.150. The van der Waals surface area contributed by atoms with Gasteiger partial charge in [-0.2, -0.15) is 0 Å². The fourth-order valence-corrected chi connectivity index (χ4v) is 1.76. The largest absolute Gasteiger partial charge is 0.481 e. The first-order chi connectivity index (χ1) is 4.99. The topological polar surface area (TPSA) is 63.3 Å². The van der Waals surface area contributed by atoms with Crippen molar-refractivity contribution in [2.75, 3.05) is 0 Å². The number of carbonyl (C=O) groups is 1. The van der Waals surface area contributed by atoms with Gasteiger partial charge in [-0.25, -0.2) is 0 Å². The van der Waals surface area contributed by atoms with Gasteiger partial charge in [0.05, 0.1) is 5.41 Å². The van der Waals surface area contributed by atoms with E-state index in [1.165, 1.54) is 0 Å². The maximum absolute atomic E-state index is 10.9. The SMILES string of the molecule is C[C@@H]1CC[C@@H](N)[C@@]1(C)C(=O)O. The van der Waals surface area contributed by atoms with Crippen molar-refractivity contribution in [3.63, 3.8) is 0 Å². The average molecular weight is 157 g/mol. The molecule has 1 fully saturated rings. The second-order valence-electron chi connectivity index (χ2n) is 3.67. The molecule has 11 heavy (non-hydrogen) atoms. The molecule has 1 aliphatic rings. The van der Waals surface area contributed by atoms with Gasteiger partial charge in [-0.05, 0) is 25.7 Å². The fraction of sp³-hybridized carbons (Fsp3) is 0.875. The highest BCUT2D eigenvalue weighted by atomic mass is 16.4. The third-order valence-corrected chi connectivity index (χ3v) is 3.17. The zero-order valence-corrected chi connectivity index (χ0v) is 7.00. The number of aliphatic carboxylic acids is 1. The molecule has 3 atom stereocenters. The summed E-state index contributed by atoms with van der Waals surface area (Å²) >= 11 is 0. The van der Waals surface area contributed by atoms with Crippen molar-refractivity contribution in [3.05, 3.63) is 0 Å². The van der Waals surface area contributed by atoms with Gasteiger partial charge in [-0.15, -0.1) is 0 Å². The number of rotatable bonds is 1. The van der Waals surface area contributed by atoms with Crippen LogP contribution in [0.4, 0.5) is 0 Å². The van der Waals surface area contributed by atoms with E-state index in [0.29, 0.717) is 0 Å². The van der Waals surface area contributed by atoms with Gasteiger partial charge in [0.15, 0.2) is 0 Å². The molecule has 0 aromatic rings. The molecule has 1 saturated carbocycles. The average Bonchev–Trinajstić information content (AvgIpc) is 2.18. The van der Waals surface area contributed by atoms with Crippen molar-refractivity contribution < 1.29 is 9.90 Å². The Bertz CT molecular complexity index is 169. The summed E-state index contributed by atoms with van der Waals surface area (Å²) in [5.74, 6) is -0.551. The zero-order chi connectivity index (χ0) is 8.65. The van der Waals surface area contributed by atoms with Crippen LogP contribution in [0.1, 0.15) is 26.7 Å². The number of carboxylic acid groups (broad SMARTS) is 1. The Kier molecular flexibility index (Phi) is 1.92. The first-order valence-corrected chi connectivity index (χ1v) is 3.98. The normalized spacial score (nSPS) is 44.3. The molecule has 0 aliphatic heterocycles. The summed E-state index contributed by atoms with van der Waals surface area (Å²) in [7, 11) is 0. The van der Waals surface area contributed by atoms with Crippen LogP contribution >= 0.6 is 0 Å². The summed E-state index contributed by atoms with van der Waals surface area (Å²) in [6.07, 6.45) is 1.77. The number of hydrogen-bond donors (Lipinski definition) is 2. The maximum Gasteiger partial charge on any atom is 0.311 e. The number of nitrogens with two attached hydrogens (primary N) is 1. The molecule has 0 bridgehead atoms. The van der Waals surface area contributed by atoms with E-state index in [2.05, 4.69) is 0 Å². The van der Waals surface area contributed by atoms with Gasteiger partial charge in [0, 0.05) is 6.04 Å². The quantitative estimate of drug-likeness (QED) is 0.592. The van der Waals surface area contributed by atoms with Crippen molar-refractivity contribution >= 4 is 5.97 Å². The van der Waals surface area contributed by atoms with Crippen LogP contribution in [0, 0.1) is 11.3 Å². The molecule has 3 nitrogen and oxygen atoms in total. The highest BCUT2D eigenvalue weighted by Gasteiger charge is 2.48.